The van der Waals surface area contributed by atoms with Crippen LogP contribution in [-0.2, 0) is 4.74 Å². The molecule has 2 unspecified atom stereocenters. The topological polar surface area (TPSA) is 56.8 Å². The number of rotatable bonds is 4. The van der Waals surface area contributed by atoms with E-state index in [1.54, 1.807) is 0 Å². The number of hydrogen-bond acceptors (Lipinski definition) is 5. The van der Waals surface area contributed by atoms with E-state index in [9.17, 15) is 4.79 Å². The summed E-state index contributed by atoms with van der Waals surface area (Å²) in [6.07, 6.45) is -0.181. The average Bonchev–Trinajstić information content (AvgIpc) is 3.06. The Labute approximate surface area is 150 Å². The summed E-state index contributed by atoms with van der Waals surface area (Å²) in [4.78, 5) is 16.1. The number of carbonyl (C=O) groups excluding carboxylic acids is 1. The van der Waals surface area contributed by atoms with Gasteiger partial charge in [0.1, 0.15) is 0 Å². The van der Waals surface area contributed by atoms with Crippen molar-refractivity contribution >= 4 is 6.09 Å². The van der Waals surface area contributed by atoms with E-state index in [0.717, 1.165) is 39.3 Å². The molecule has 2 N–H and O–H groups in total. The molecule has 2 heterocycles. The zero-order valence-corrected chi connectivity index (χ0v) is 15.5. The number of piperazine rings is 1. The number of carbonyl (C=O) groups is 1. The van der Waals surface area contributed by atoms with Gasteiger partial charge in [-0.25, -0.2) is 10.2 Å². The van der Waals surface area contributed by atoms with Crippen molar-refractivity contribution < 1.29 is 9.53 Å². The first-order valence-electron chi connectivity index (χ1n) is 9.28. The Bertz CT molecular complexity index is 599. The lowest BCUT2D eigenvalue weighted by atomic mass is 9.92. The second-order valence-corrected chi connectivity index (χ2v) is 7.09. The van der Waals surface area contributed by atoms with Crippen LogP contribution in [0.2, 0.25) is 0 Å². The van der Waals surface area contributed by atoms with Crippen molar-refractivity contribution in [1.82, 2.24) is 20.7 Å². The van der Waals surface area contributed by atoms with E-state index in [4.69, 9.17) is 4.74 Å². The molecule has 138 valence electrons. The molecular formula is C19H30N4O2. The van der Waals surface area contributed by atoms with Crippen molar-refractivity contribution in [2.24, 2.45) is 5.92 Å². The Morgan fingerprint density at radius 3 is 2.64 bits per heavy atom. The molecule has 6 heteroatoms. The minimum Gasteiger partial charge on any atom is -0.450 e. The summed E-state index contributed by atoms with van der Waals surface area (Å²) < 4.78 is 5.09. The van der Waals surface area contributed by atoms with Crippen LogP contribution in [0.4, 0.5) is 4.79 Å². The van der Waals surface area contributed by atoms with Gasteiger partial charge in [0.25, 0.3) is 0 Å². The highest BCUT2D eigenvalue weighted by molar-refractivity contribution is 5.67. The predicted octanol–water partition coefficient (Wildman–Crippen LogP) is 1.84. The molecule has 0 bridgehead atoms. The standard InChI is InChI=1S/C19H30N4O2/c1-4-25-19(24)23-9-7-22(8-10-23)13-17-12-20-21-18(17)16-6-5-14(2)15(3)11-16/h5-6,11,17-18,20-21H,4,7-10,12-13H2,1-3H3. The van der Waals surface area contributed by atoms with E-state index in [1.165, 1.54) is 16.7 Å². The molecule has 0 aliphatic carbocycles. The first kappa shape index (κ1) is 18.2. The normalized spacial score (nSPS) is 24.5. The summed E-state index contributed by atoms with van der Waals surface area (Å²) in [6, 6.07) is 7.08. The predicted molar refractivity (Wildman–Crippen MR) is 98.3 cm³/mol. The number of hydrazine groups is 1. The molecule has 1 amide bonds. The van der Waals surface area contributed by atoms with Crippen LogP contribution in [0.1, 0.15) is 29.7 Å². The number of nitrogens with zero attached hydrogens (tertiary/aromatic N) is 2. The summed E-state index contributed by atoms with van der Waals surface area (Å²) >= 11 is 0. The highest BCUT2D eigenvalue weighted by Gasteiger charge is 2.31. The molecule has 0 radical (unpaired) electrons. The maximum Gasteiger partial charge on any atom is 0.409 e. The molecule has 0 saturated carbocycles. The Kier molecular flexibility index (Phi) is 5.93. The Hall–Kier alpha value is -1.63. The van der Waals surface area contributed by atoms with E-state index in [2.05, 4.69) is 47.8 Å². The minimum atomic E-state index is -0.181. The number of aryl methyl sites for hydroxylation is 2. The SMILES string of the molecule is CCOC(=O)N1CCN(CC2CNNC2c2ccc(C)c(C)c2)CC1. The minimum absolute atomic E-state index is 0.181. The van der Waals surface area contributed by atoms with Gasteiger partial charge in [0, 0.05) is 45.2 Å². The van der Waals surface area contributed by atoms with Gasteiger partial charge in [0.05, 0.1) is 12.6 Å². The smallest absolute Gasteiger partial charge is 0.409 e. The van der Waals surface area contributed by atoms with Crippen molar-refractivity contribution in [2.45, 2.75) is 26.8 Å². The average molecular weight is 346 g/mol. The first-order valence-corrected chi connectivity index (χ1v) is 9.28. The van der Waals surface area contributed by atoms with Gasteiger partial charge < -0.3 is 9.64 Å². The van der Waals surface area contributed by atoms with E-state index < -0.39 is 0 Å². The molecule has 2 aliphatic rings. The van der Waals surface area contributed by atoms with Crippen molar-refractivity contribution in [3.8, 4) is 0 Å². The molecule has 2 atom stereocenters. The van der Waals surface area contributed by atoms with Crippen LogP contribution in [0.15, 0.2) is 18.2 Å². The Morgan fingerprint density at radius 2 is 1.96 bits per heavy atom. The molecule has 0 aromatic heterocycles. The maximum absolute atomic E-state index is 11.8. The van der Waals surface area contributed by atoms with Crippen molar-refractivity contribution in [3.63, 3.8) is 0 Å². The van der Waals surface area contributed by atoms with Gasteiger partial charge in [-0.15, -0.1) is 0 Å². The van der Waals surface area contributed by atoms with Crippen molar-refractivity contribution in [3.05, 3.63) is 34.9 Å². The van der Waals surface area contributed by atoms with Gasteiger partial charge in [0.15, 0.2) is 0 Å². The molecule has 0 spiro atoms. The molecular weight excluding hydrogens is 316 g/mol. The largest absolute Gasteiger partial charge is 0.450 e. The van der Waals surface area contributed by atoms with Crippen LogP contribution >= 0.6 is 0 Å². The first-order chi connectivity index (χ1) is 12.1. The molecule has 2 aliphatic heterocycles. The number of ether oxygens (including phenoxy) is 1. The zero-order valence-electron chi connectivity index (χ0n) is 15.5. The summed E-state index contributed by atoms with van der Waals surface area (Å²) in [6.45, 7) is 11.9. The molecule has 3 rings (SSSR count). The molecule has 1 aromatic rings. The fraction of sp³-hybridized carbons (Fsp3) is 0.632. The second-order valence-electron chi connectivity index (χ2n) is 7.09. The molecule has 6 nitrogen and oxygen atoms in total. The lowest BCUT2D eigenvalue weighted by Gasteiger charge is -2.36. The number of hydrogen-bond donors (Lipinski definition) is 2. The molecule has 1 aromatic carbocycles. The van der Waals surface area contributed by atoms with Crippen LogP contribution in [0, 0.1) is 19.8 Å². The van der Waals surface area contributed by atoms with Gasteiger partial charge in [-0.3, -0.25) is 10.3 Å². The summed E-state index contributed by atoms with van der Waals surface area (Å²) in [7, 11) is 0. The number of benzene rings is 1. The Balaban J connectivity index is 1.56. The van der Waals surface area contributed by atoms with Gasteiger partial charge >= 0.3 is 6.09 Å². The summed E-state index contributed by atoms with van der Waals surface area (Å²) in [5, 5.41) is 0. The monoisotopic (exact) mass is 346 g/mol. The fourth-order valence-corrected chi connectivity index (χ4v) is 3.68. The van der Waals surface area contributed by atoms with E-state index in [1.807, 2.05) is 11.8 Å². The Morgan fingerprint density at radius 1 is 1.20 bits per heavy atom. The van der Waals surface area contributed by atoms with E-state index in [-0.39, 0.29) is 6.09 Å². The highest BCUT2D eigenvalue weighted by Crippen LogP contribution is 2.27. The van der Waals surface area contributed by atoms with Crippen molar-refractivity contribution in [2.75, 3.05) is 45.9 Å². The highest BCUT2D eigenvalue weighted by atomic mass is 16.6. The zero-order chi connectivity index (χ0) is 17.8. The third kappa shape index (κ3) is 4.32. The lowest BCUT2D eigenvalue weighted by Crippen LogP contribution is -2.50. The number of nitrogens with one attached hydrogen (secondary N) is 2. The van der Waals surface area contributed by atoms with Gasteiger partial charge in [-0.1, -0.05) is 18.2 Å². The van der Waals surface area contributed by atoms with Crippen LogP contribution in [0.25, 0.3) is 0 Å². The third-order valence-corrected chi connectivity index (χ3v) is 5.37. The summed E-state index contributed by atoms with van der Waals surface area (Å²) in [5.74, 6) is 0.524. The van der Waals surface area contributed by atoms with E-state index in [0.29, 0.717) is 18.6 Å². The van der Waals surface area contributed by atoms with E-state index >= 15 is 0 Å². The van der Waals surface area contributed by atoms with Crippen molar-refractivity contribution in [1.29, 1.82) is 0 Å². The van der Waals surface area contributed by atoms with Gasteiger partial charge in [-0.2, -0.15) is 0 Å². The fourth-order valence-electron chi connectivity index (χ4n) is 3.68. The maximum atomic E-state index is 11.8. The van der Waals surface area contributed by atoms with Crippen LogP contribution in [0.5, 0.6) is 0 Å². The second kappa shape index (κ2) is 8.17. The van der Waals surface area contributed by atoms with Crippen LogP contribution < -0.4 is 10.9 Å². The molecule has 2 fully saturated rings. The molecule has 2 saturated heterocycles. The lowest BCUT2D eigenvalue weighted by molar-refractivity contribution is 0.0750. The van der Waals surface area contributed by atoms with Crippen LogP contribution in [0.3, 0.4) is 0 Å². The van der Waals surface area contributed by atoms with Gasteiger partial charge in [0.2, 0.25) is 0 Å². The molecule has 25 heavy (non-hydrogen) atoms. The van der Waals surface area contributed by atoms with Crippen LogP contribution in [-0.4, -0.2) is 61.8 Å². The third-order valence-electron chi connectivity index (χ3n) is 5.37. The summed E-state index contributed by atoms with van der Waals surface area (Å²) in [5.41, 5.74) is 10.8. The van der Waals surface area contributed by atoms with Gasteiger partial charge in [-0.05, 0) is 37.5 Å². The quantitative estimate of drug-likeness (QED) is 0.871. The number of amides is 1.